The first-order valence-corrected chi connectivity index (χ1v) is 4.16. The van der Waals surface area contributed by atoms with Crippen LogP contribution >= 0.6 is 0 Å². The summed E-state index contributed by atoms with van der Waals surface area (Å²) in [6.07, 6.45) is 1.38. The molecule has 0 saturated heterocycles. The first-order valence-electron chi connectivity index (χ1n) is 4.16. The van der Waals surface area contributed by atoms with Crippen LogP contribution in [0.3, 0.4) is 0 Å². The maximum absolute atomic E-state index is 10.8. The molecule has 4 heteroatoms. The van der Waals surface area contributed by atoms with Gasteiger partial charge in [0.05, 0.1) is 6.61 Å². The minimum atomic E-state index is -0.891. The lowest BCUT2D eigenvalue weighted by Gasteiger charge is -2.25. The highest BCUT2D eigenvalue weighted by atomic mass is 16.4. The molecule has 3 N–H and O–H groups in total. The van der Waals surface area contributed by atoms with Crippen LogP contribution in [0, 0.1) is 0 Å². The van der Waals surface area contributed by atoms with Crippen molar-refractivity contribution in [3.8, 4) is 0 Å². The second kappa shape index (κ2) is 5.11. The van der Waals surface area contributed by atoms with Crippen molar-refractivity contribution in [2.24, 2.45) is 0 Å². The zero-order chi connectivity index (χ0) is 9.61. The number of nitrogens with one attached hydrogen (secondary N) is 1. The molecule has 0 rings (SSSR count). The molecule has 0 aliphatic heterocycles. The van der Waals surface area contributed by atoms with Gasteiger partial charge in [-0.3, -0.25) is 10.1 Å². The van der Waals surface area contributed by atoms with E-state index in [4.69, 9.17) is 10.2 Å². The van der Waals surface area contributed by atoms with Crippen LogP contribution in [0.25, 0.3) is 0 Å². The Balaban J connectivity index is 4.08. The molecule has 0 aromatic heterocycles. The highest BCUT2D eigenvalue weighted by molar-refractivity contribution is 5.78. The van der Waals surface area contributed by atoms with Gasteiger partial charge in [-0.1, -0.05) is 13.3 Å². The maximum Gasteiger partial charge on any atom is 0.323 e. The SMILES string of the molecule is CCCC(C)(NCCO)C(=O)O. The molecule has 72 valence electrons. The predicted molar refractivity (Wildman–Crippen MR) is 46.0 cm³/mol. The number of hydrogen-bond donors (Lipinski definition) is 3. The molecule has 0 amide bonds. The number of carboxylic acid groups (broad SMARTS) is 1. The molecule has 4 nitrogen and oxygen atoms in total. The lowest BCUT2D eigenvalue weighted by Crippen LogP contribution is -2.50. The topological polar surface area (TPSA) is 69.6 Å². The molecule has 0 aliphatic rings. The molecule has 0 radical (unpaired) electrons. The summed E-state index contributed by atoms with van der Waals surface area (Å²) < 4.78 is 0. The summed E-state index contributed by atoms with van der Waals surface area (Å²) in [4.78, 5) is 10.8. The van der Waals surface area contributed by atoms with Crippen molar-refractivity contribution >= 4 is 5.97 Å². The molecule has 0 spiro atoms. The predicted octanol–water partition coefficient (Wildman–Crippen LogP) is 0.212. The number of hydrogen-bond acceptors (Lipinski definition) is 3. The Morgan fingerprint density at radius 1 is 1.58 bits per heavy atom. The Morgan fingerprint density at radius 2 is 2.17 bits per heavy atom. The Labute approximate surface area is 72.6 Å². The average Bonchev–Trinajstić information content (AvgIpc) is 2.01. The average molecular weight is 175 g/mol. The van der Waals surface area contributed by atoms with Gasteiger partial charge in [0.2, 0.25) is 0 Å². The highest BCUT2D eigenvalue weighted by Crippen LogP contribution is 2.11. The third-order valence-corrected chi connectivity index (χ3v) is 1.85. The van der Waals surface area contributed by atoms with Gasteiger partial charge in [-0.05, 0) is 13.3 Å². The van der Waals surface area contributed by atoms with Crippen LogP contribution in [0.5, 0.6) is 0 Å². The quantitative estimate of drug-likeness (QED) is 0.540. The first-order chi connectivity index (χ1) is 5.56. The molecule has 12 heavy (non-hydrogen) atoms. The molecule has 1 unspecified atom stereocenters. The largest absolute Gasteiger partial charge is 0.480 e. The maximum atomic E-state index is 10.8. The molecular formula is C8H17NO3. The number of carboxylic acids is 1. The van der Waals surface area contributed by atoms with Crippen molar-refractivity contribution in [2.45, 2.75) is 32.2 Å². The van der Waals surface area contributed by atoms with Crippen LogP contribution in [-0.4, -0.2) is 34.9 Å². The summed E-state index contributed by atoms with van der Waals surface area (Å²) >= 11 is 0. The number of rotatable bonds is 6. The van der Waals surface area contributed by atoms with Crippen LogP contribution in [0.15, 0.2) is 0 Å². The van der Waals surface area contributed by atoms with E-state index in [1.165, 1.54) is 0 Å². The zero-order valence-corrected chi connectivity index (χ0v) is 7.63. The standard InChI is InChI=1S/C8H17NO3/c1-3-4-8(2,7(11)12)9-5-6-10/h9-10H,3-6H2,1-2H3,(H,11,12). The van der Waals surface area contributed by atoms with Crippen LogP contribution in [-0.2, 0) is 4.79 Å². The van der Waals surface area contributed by atoms with E-state index in [-0.39, 0.29) is 6.61 Å². The van der Waals surface area contributed by atoms with Gasteiger partial charge in [0, 0.05) is 6.54 Å². The molecule has 0 bridgehead atoms. The van der Waals surface area contributed by atoms with Gasteiger partial charge in [0.15, 0.2) is 0 Å². The lowest BCUT2D eigenvalue weighted by atomic mass is 9.96. The summed E-state index contributed by atoms with van der Waals surface area (Å²) in [5.41, 5.74) is -0.891. The fraction of sp³-hybridized carbons (Fsp3) is 0.875. The van der Waals surface area contributed by atoms with E-state index in [9.17, 15) is 4.79 Å². The van der Waals surface area contributed by atoms with Crippen LogP contribution in [0.4, 0.5) is 0 Å². The van der Waals surface area contributed by atoms with Crippen LogP contribution < -0.4 is 5.32 Å². The van der Waals surface area contributed by atoms with E-state index in [2.05, 4.69) is 5.32 Å². The summed E-state index contributed by atoms with van der Waals surface area (Å²) in [7, 11) is 0. The van der Waals surface area contributed by atoms with Gasteiger partial charge in [0.25, 0.3) is 0 Å². The normalized spacial score (nSPS) is 15.6. The molecule has 0 fully saturated rings. The molecule has 0 aromatic rings. The van der Waals surface area contributed by atoms with Crippen molar-refractivity contribution < 1.29 is 15.0 Å². The van der Waals surface area contributed by atoms with Crippen LogP contribution in [0.1, 0.15) is 26.7 Å². The molecular weight excluding hydrogens is 158 g/mol. The number of aliphatic carboxylic acids is 1. The highest BCUT2D eigenvalue weighted by Gasteiger charge is 2.30. The lowest BCUT2D eigenvalue weighted by molar-refractivity contribution is -0.144. The summed E-state index contributed by atoms with van der Waals surface area (Å²) in [5.74, 6) is -0.863. The van der Waals surface area contributed by atoms with Gasteiger partial charge < -0.3 is 10.2 Å². The molecule has 0 heterocycles. The Morgan fingerprint density at radius 3 is 2.50 bits per heavy atom. The van der Waals surface area contributed by atoms with E-state index in [1.54, 1.807) is 6.92 Å². The Kier molecular flexibility index (Phi) is 4.85. The zero-order valence-electron chi connectivity index (χ0n) is 7.63. The Bertz CT molecular complexity index is 149. The van der Waals surface area contributed by atoms with E-state index < -0.39 is 11.5 Å². The molecule has 0 aromatic carbocycles. The van der Waals surface area contributed by atoms with Gasteiger partial charge >= 0.3 is 5.97 Å². The van der Waals surface area contributed by atoms with Crippen molar-refractivity contribution in [1.82, 2.24) is 5.32 Å². The third-order valence-electron chi connectivity index (χ3n) is 1.85. The first kappa shape index (κ1) is 11.4. The van der Waals surface area contributed by atoms with Gasteiger partial charge in [0.1, 0.15) is 5.54 Å². The fourth-order valence-corrected chi connectivity index (χ4v) is 1.10. The second-order valence-electron chi connectivity index (χ2n) is 3.04. The van der Waals surface area contributed by atoms with Gasteiger partial charge in [-0.15, -0.1) is 0 Å². The van der Waals surface area contributed by atoms with E-state index in [1.807, 2.05) is 6.92 Å². The smallest absolute Gasteiger partial charge is 0.323 e. The third kappa shape index (κ3) is 3.19. The summed E-state index contributed by atoms with van der Waals surface area (Å²) in [6.45, 7) is 3.85. The molecule has 0 aliphatic carbocycles. The molecule has 1 atom stereocenters. The number of β-amino-alcohol motifs (C(OH)–C–C–N with tert-alkyl or cyclic N) is 1. The van der Waals surface area contributed by atoms with Gasteiger partial charge in [-0.2, -0.15) is 0 Å². The monoisotopic (exact) mass is 175 g/mol. The van der Waals surface area contributed by atoms with Crippen molar-refractivity contribution in [3.05, 3.63) is 0 Å². The minimum Gasteiger partial charge on any atom is -0.480 e. The number of carbonyl (C=O) groups is 1. The van der Waals surface area contributed by atoms with E-state index in [0.29, 0.717) is 13.0 Å². The molecule has 0 saturated carbocycles. The van der Waals surface area contributed by atoms with E-state index in [0.717, 1.165) is 6.42 Å². The number of aliphatic hydroxyl groups excluding tert-OH is 1. The van der Waals surface area contributed by atoms with E-state index >= 15 is 0 Å². The second-order valence-corrected chi connectivity index (χ2v) is 3.04. The summed E-state index contributed by atoms with van der Waals surface area (Å²) in [6, 6.07) is 0. The fourth-order valence-electron chi connectivity index (χ4n) is 1.10. The van der Waals surface area contributed by atoms with Gasteiger partial charge in [-0.25, -0.2) is 0 Å². The Hall–Kier alpha value is -0.610. The van der Waals surface area contributed by atoms with Crippen molar-refractivity contribution in [3.63, 3.8) is 0 Å². The van der Waals surface area contributed by atoms with Crippen molar-refractivity contribution in [2.75, 3.05) is 13.2 Å². The number of aliphatic hydroxyl groups is 1. The van der Waals surface area contributed by atoms with Crippen molar-refractivity contribution in [1.29, 1.82) is 0 Å². The minimum absolute atomic E-state index is 0.0351. The summed E-state index contributed by atoms with van der Waals surface area (Å²) in [5, 5.41) is 20.2. The van der Waals surface area contributed by atoms with Crippen LogP contribution in [0.2, 0.25) is 0 Å².